The third kappa shape index (κ3) is 2.30. The smallest absolute Gasteiger partial charge is 0.0913 e. The van der Waals surface area contributed by atoms with Crippen molar-refractivity contribution < 1.29 is 5.11 Å². The summed E-state index contributed by atoms with van der Waals surface area (Å²) in [4.78, 5) is 0. The summed E-state index contributed by atoms with van der Waals surface area (Å²) >= 11 is 11.9. The van der Waals surface area contributed by atoms with Crippen molar-refractivity contribution >= 4 is 28.9 Å². The number of anilines is 1. The highest BCUT2D eigenvalue weighted by atomic mass is 35.5. The van der Waals surface area contributed by atoms with Gasteiger partial charge in [-0.2, -0.15) is 0 Å². The molecule has 0 aliphatic carbocycles. The van der Waals surface area contributed by atoms with E-state index in [2.05, 4.69) is 5.32 Å². The summed E-state index contributed by atoms with van der Waals surface area (Å²) in [6, 6.07) is 3.30. The molecule has 0 aromatic heterocycles. The zero-order valence-corrected chi connectivity index (χ0v) is 9.23. The Morgan fingerprint density at radius 3 is 2.29 bits per heavy atom. The standard InChI is InChI=1S/C9H12Cl2N2O/c1-13-9-6(10)2-5(3-7(9)11)8(14)4-12/h2-3,8,13-14H,4,12H2,1H3. The van der Waals surface area contributed by atoms with Gasteiger partial charge in [0, 0.05) is 13.6 Å². The molecule has 0 fully saturated rings. The molecule has 1 aromatic carbocycles. The number of halogens is 2. The first-order valence-corrected chi connectivity index (χ1v) is 4.90. The number of hydrogen-bond donors (Lipinski definition) is 3. The van der Waals surface area contributed by atoms with Gasteiger partial charge in [-0.3, -0.25) is 0 Å². The fourth-order valence-corrected chi connectivity index (χ4v) is 1.85. The lowest BCUT2D eigenvalue weighted by Crippen LogP contribution is -2.11. The van der Waals surface area contributed by atoms with E-state index in [4.69, 9.17) is 28.9 Å². The Kier molecular flexibility index (Phi) is 4.01. The molecule has 1 aromatic rings. The van der Waals surface area contributed by atoms with Gasteiger partial charge in [0.2, 0.25) is 0 Å². The summed E-state index contributed by atoms with van der Waals surface area (Å²) < 4.78 is 0. The van der Waals surface area contributed by atoms with Gasteiger partial charge in [-0.25, -0.2) is 0 Å². The monoisotopic (exact) mass is 234 g/mol. The van der Waals surface area contributed by atoms with E-state index in [9.17, 15) is 5.11 Å². The zero-order valence-electron chi connectivity index (χ0n) is 7.72. The van der Waals surface area contributed by atoms with Crippen LogP contribution in [0.4, 0.5) is 5.69 Å². The van der Waals surface area contributed by atoms with Crippen LogP contribution in [0.15, 0.2) is 12.1 Å². The molecule has 3 nitrogen and oxygen atoms in total. The van der Waals surface area contributed by atoms with Crippen LogP contribution in [0.2, 0.25) is 10.0 Å². The van der Waals surface area contributed by atoms with E-state index >= 15 is 0 Å². The lowest BCUT2D eigenvalue weighted by Gasteiger charge is -2.12. The molecule has 1 rings (SSSR count). The van der Waals surface area contributed by atoms with E-state index in [0.717, 1.165) is 0 Å². The van der Waals surface area contributed by atoms with Crippen molar-refractivity contribution in [3.8, 4) is 0 Å². The Hall–Kier alpha value is -0.480. The van der Waals surface area contributed by atoms with Gasteiger partial charge >= 0.3 is 0 Å². The van der Waals surface area contributed by atoms with Gasteiger partial charge in [-0.15, -0.1) is 0 Å². The maximum atomic E-state index is 9.48. The second kappa shape index (κ2) is 4.84. The average molecular weight is 235 g/mol. The predicted molar refractivity (Wildman–Crippen MR) is 60.0 cm³/mol. The Balaban J connectivity index is 3.13. The van der Waals surface area contributed by atoms with Crippen molar-refractivity contribution in [1.82, 2.24) is 0 Å². The Morgan fingerprint density at radius 2 is 1.93 bits per heavy atom. The maximum Gasteiger partial charge on any atom is 0.0913 e. The van der Waals surface area contributed by atoms with Gasteiger partial charge in [0.05, 0.1) is 21.8 Å². The van der Waals surface area contributed by atoms with Crippen molar-refractivity contribution in [1.29, 1.82) is 0 Å². The van der Waals surface area contributed by atoms with Crippen LogP contribution in [0.3, 0.4) is 0 Å². The minimum absolute atomic E-state index is 0.144. The number of benzene rings is 1. The molecule has 0 aliphatic rings. The van der Waals surface area contributed by atoms with Gasteiger partial charge in [0.25, 0.3) is 0 Å². The number of rotatable bonds is 3. The maximum absolute atomic E-state index is 9.48. The van der Waals surface area contributed by atoms with Crippen LogP contribution < -0.4 is 11.1 Å². The van der Waals surface area contributed by atoms with Crippen LogP contribution in [0, 0.1) is 0 Å². The summed E-state index contributed by atoms with van der Waals surface area (Å²) in [6.45, 7) is 0.144. The van der Waals surface area contributed by atoms with Crippen LogP contribution in [-0.2, 0) is 0 Å². The molecule has 14 heavy (non-hydrogen) atoms. The van der Waals surface area contributed by atoms with E-state index < -0.39 is 6.10 Å². The Bertz CT molecular complexity index is 308. The van der Waals surface area contributed by atoms with Crippen molar-refractivity contribution in [3.05, 3.63) is 27.7 Å². The lowest BCUT2D eigenvalue weighted by atomic mass is 10.1. The molecule has 0 heterocycles. The number of nitrogens with one attached hydrogen (secondary N) is 1. The van der Waals surface area contributed by atoms with E-state index in [-0.39, 0.29) is 6.54 Å². The van der Waals surface area contributed by atoms with Crippen LogP contribution in [0.5, 0.6) is 0 Å². The van der Waals surface area contributed by atoms with Gasteiger partial charge in [-0.05, 0) is 17.7 Å². The summed E-state index contributed by atoms with van der Waals surface area (Å²) in [5, 5.41) is 13.3. The zero-order chi connectivity index (χ0) is 10.7. The number of aliphatic hydroxyl groups is 1. The van der Waals surface area contributed by atoms with Crippen molar-refractivity contribution in [2.45, 2.75) is 6.10 Å². The highest BCUT2D eigenvalue weighted by molar-refractivity contribution is 6.39. The second-order valence-electron chi connectivity index (χ2n) is 2.86. The lowest BCUT2D eigenvalue weighted by molar-refractivity contribution is 0.187. The summed E-state index contributed by atoms with van der Waals surface area (Å²) in [5.41, 5.74) is 6.60. The number of aliphatic hydroxyl groups excluding tert-OH is 1. The molecule has 0 bridgehead atoms. The van der Waals surface area contributed by atoms with E-state index in [0.29, 0.717) is 21.3 Å². The molecule has 78 valence electrons. The molecule has 1 atom stereocenters. The van der Waals surface area contributed by atoms with Gasteiger partial charge in [0.15, 0.2) is 0 Å². The van der Waals surface area contributed by atoms with Crippen LogP contribution in [0.25, 0.3) is 0 Å². The molecule has 0 saturated carbocycles. The predicted octanol–water partition coefficient (Wildman–Crippen LogP) is 2.03. The minimum Gasteiger partial charge on any atom is -0.387 e. The van der Waals surface area contributed by atoms with Gasteiger partial charge < -0.3 is 16.2 Å². The van der Waals surface area contributed by atoms with Crippen LogP contribution >= 0.6 is 23.2 Å². The van der Waals surface area contributed by atoms with Crippen molar-refractivity contribution in [3.63, 3.8) is 0 Å². The SMILES string of the molecule is CNc1c(Cl)cc(C(O)CN)cc1Cl. The Labute approximate surface area is 92.8 Å². The van der Waals surface area contributed by atoms with Crippen LogP contribution in [-0.4, -0.2) is 18.7 Å². The quantitative estimate of drug-likeness (QED) is 0.751. The molecule has 0 radical (unpaired) electrons. The van der Waals surface area contributed by atoms with Gasteiger partial charge in [-0.1, -0.05) is 23.2 Å². The van der Waals surface area contributed by atoms with E-state index in [1.165, 1.54) is 0 Å². The normalized spacial score (nSPS) is 12.6. The first kappa shape index (κ1) is 11.6. The molecule has 0 aliphatic heterocycles. The molecule has 5 heteroatoms. The van der Waals surface area contributed by atoms with E-state index in [1.807, 2.05) is 0 Å². The largest absolute Gasteiger partial charge is 0.387 e. The molecule has 0 saturated heterocycles. The topological polar surface area (TPSA) is 58.3 Å². The molecule has 1 unspecified atom stereocenters. The van der Waals surface area contributed by atoms with E-state index in [1.54, 1.807) is 19.2 Å². The molecule has 0 spiro atoms. The fourth-order valence-electron chi connectivity index (χ4n) is 1.16. The molecule has 0 amide bonds. The average Bonchev–Trinajstić information content (AvgIpc) is 2.16. The highest BCUT2D eigenvalue weighted by Crippen LogP contribution is 2.33. The van der Waals surface area contributed by atoms with Gasteiger partial charge in [0.1, 0.15) is 0 Å². The fraction of sp³-hybridized carbons (Fsp3) is 0.333. The number of nitrogens with two attached hydrogens (primary N) is 1. The molecule has 4 N–H and O–H groups in total. The first-order chi connectivity index (χ1) is 6.60. The summed E-state index contributed by atoms with van der Waals surface area (Å²) in [5.74, 6) is 0. The first-order valence-electron chi connectivity index (χ1n) is 4.15. The number of hydrogen-bond acceptors (Lipinski definition) is 3. The Morgan fingerprint density at radius 1 is 1.43 bits per heavy atom. The molecular formula is C9H12Cl2N2O. The molecular weight excluding hydrogens is 223 g/mol. The highest BCUT2D eigenvalue weighted by Gasteiger charge is 2.11. The summed E-state index contributed by atoms with van der Waals surface area (Å²) in [7, 11) is 1.73. The third-order valence-corrected chi connectivity index (χ3v) is 2.52. The van der Waals surface area contributed by atoms with Crippen molar-refractivity contribution in [2.75, 3.05) is 18.9 Å². The summed E-state index contributed by atoms with van der Waals surface area (Å²) in [6.07, 6.45) is -0.726. The van der Waals surface area contributed by atoms with Crippen molar-refractivity contribution in [2.24, 2.45) is 5.73 Å². The third-order valence-electron chi connectivity index (χ3n) is 1.92. The van der Waals surface area contributed by atoms with Crippen LogP contribution in [0.1, 0.15) is 11.7 Å². The second-order valence-corrected chi connectivity index (χ2v) is 3.68. The minimum atomic E-state index is -0.726.